The fourth-order valence-electron chi connectivity index (χ4n) is 3.57. The third kappa shape index (κ3) is 7.01. The van der Waals surface area contributed by atoms with Gasteiger partial charge in [0.05, 0.1) is 7.11 Å². The summed E-state index contributed by atoms with van der Waals surface area (Å²) in [6.07, 6.45) is 3.98. The first-order chi connectivity index (χ1) is 13.9. The highest BCUT2D eigenvalue weighted by atomic mass is 16.5. The van der Waals surface area contributed by atoms with Crippen LogP contribution in [0.4, 0.5) is 0 Å². The van der Waals surface area contributed by atoms with Crippen LogP contribution in [0.2, 0.25) is 0 Å². The van der Waals surface area contributed by atoms with Gasteiger partial charge in [-0.1, -0.05) is 70.5 Å². The predicted molar refractivity (Wildman–Crippen MR) is 121 cm³/mol. The molecule has 2 rings (SSSR count). The lowest BCUT2D eigenvalue weighted by Crippen LogP contribution is -2.29. The van der Waals surface area contributed by atoms with Gasteiger partial charge in [-0.15, -0.1) is 0 Å². The molecule has 0 spiro atoms. The molecule has 3 heteroatoms. The minimum Gasteiger partial charge on any atom is -0.497 e. The number of unbranched alkanes of at least 4 members (excludes halogenated alkanes) is 1. The van der Waals surface area contributed by atoms with Crippen molar-refractivity contribution in [1.29, 1.82) is 0 Å². The highest BCUT2D eigenvalue weighted by molar-refractivity contribution is 5.98. The molecule has 158 valence electrons. The van der Waals surface area contributed by atoms with E-state index in [-0.39, 0.29) is 17.1 Å². The van der Waals surface area contributed by atoms with E-state index >= 15 is 0 Å². The number of Topliss-reactive ketones (excluding diaryl/α,β-unsaturated/α-hetero) is 1. The van der Waals surface area contributed by atoms with Crippen LogP contribution in [0.5, 0.6) is 5.75 Å². The van der Waals surface area contributed by atoms with E-state index in [4.69, 9.17) is 9.47 Å². The Morgan fingerprint density at radius 1 is 0.897 bits per heavy atom. The summed E-state index contributed by atoms with van der Waals surface area (Å²) < 4.78 is 10.8. The number of methoxy groups -OCH3 is 1. The minimum absolute atomic E-state index is 0.0144. The first kappa shape index (κ1) is 23.2. The van der Waals surface area contributed by atoms with Crippen molar-refractivity contribution in [3.8, 4) is 16.9 Å². The smallest absolute Gasteiger partial charge is 0.166 e. The molecule has 0 N–H and O–H groups in total. The Morgan fingerprint density at radius 2 is 1.48 bits per heavy atom. The van der Waals surface area contributed by atoms with Crippen molar-refractivity contribution in [2.45, 2.75) is 53.4 Å². The summed E-state index contributed by atoms with van der Waals surface area (Å²) in [4.78, 5) is 13.2. The zero-order valence-electron chi connectivity index (χ0n) is 18.7. The Balaban J connectivity index is 2.04. The molecule has 1 atom stereocenters. The molecule has 2 aromatic carbocycles. The standard InChI is InChI=1S/C26H36O3/c1-6-18-29-19-8-7-9-24(26(2,3)4)25(27)22-12-10-20(11-13-22)21-14-16-23(28-5)17-15-21/h10-17,24H,6-9,18-19H2,1-5H3. The second-order valence-electron chi connectivity index (χ2n) is 8.70. The predicted octanol–water partition coefficient (Wildman–Crippen LogP) is 6.80. The van der Waals surface area contributed by atoms with Crippen molar-refractivity contribution < 1.29 is 14.3 Å². The maximum Gasteiger partial charge on any atom is 0.166 e. The van der Waals surface area contributed by atoms with Crippen LogP contribution in [-0.4, -0.2) is 26.1 Å². The average molecular weight is 397 g/mol. The molecule has 0 aromatic heterocycles. The molecule has 0 radical (unpaired) electrons. The highest BCUT2D eigenvalue weighted by Crippen LogP contribution is 2.33. The largest absolute Gasteiger partial charge is 0.497 e. The average Bonchev–Trinajstić information content (AvgIpc) is 2.72. The number of hydrogen-bond donors (Lipinski definition) is 0. The van der Waals surface area contributed by atoms with Gasteiger partial charge in [0.15, 0.2) is 5.78 Å². The SMILES string of the molecule is CCCOCCCCC(C(=O)c1ccc(-c2ccc(OC)cc2)cc1)C(C)(C)C. The Hall–Kier alpha value is -2.13. The molecule has 0 saturated carbocycles. The van der Waals surface area contributed by atoms with Crippen LogP contribution in [0.15, 0.2) is 48.5 Å². The summed E-state index contributed by atoms with van der Waals surface area (Å²) in [5, 5.41) is 0. The van der Waals surface area contributed by atoms with Gasteiger partial charge in [-0.2, -0.15) is 0 Å². The maximum atomic E-state index is 13.2. The van der Waals surface area contributed by atoms with E-state index in [9.17, 15) is 4.79 Å². The van der Waals surface area contributed by atoms with E-state index in [0.717, 1.165) is 61.3 Å². The molecular formula is C26H36O3. The van der Waals surface area contributed by atoms with Gasteiger partial charge in [-0.25, -0.2) is 0 Å². The monoisotopic (exact) mass is 396 g/mol. The lowest BCUT2D eigenvalue weighted by Gasteiger charge is -2.29. The molecule has 0 saturated heterocycles. The molecule has 0 aliphatic carbocycles. The van der Waals surface area contributed by atoms with Crippen LogP contribution in [0.3, 0.4) is 0 Å². The Labute approximate surface area is 176 Å². The quantitative estimate of drug-likeness (QED) is 0.309. The molecule has 0 aliphatic rings. The summed E-state index contributed by atoms with van der Waals surface area (Å²) in [5.41, 5.74) is 2.95. The van der Waals surface area contributed by atoms with Gasteiger partial charge in [-0.05, 0) is 47.9 Å². The second kappa shape index (κ2) is 11.2. The molecular weight excluding hydrogens is 360 g/mol. The van der Waals surface area contributed by atoms with E-state index in [0.29, 0.717) is 0 Å². The molecule has 0 amide bonds. The molecule has 3 nitrogen and oxygen atoms in total. The number of ketones is 1. The second-order valence-corrected chi connectivity index (χ2v) is 8.70. The van der Waals surface area contributed by atoms with Crippen molar-refractivity contribution in [3.63, 3.8) is 0 Å². The van der Waals surface area contributed by atoms with Gasteiger partial charge in [0.1, 0.15) is 5.75 Å². The van der Waals surface area contributed by atoms with Gasteiger partial charge < -0.3 is 9.47 Å². The highest BCUT2D eigenvalue weighted by Gasteiger charge is 2.31. The van der Waals surface area contributed by atoms with E-state index in [1.165, 1.54) is 0 Å². The third-order valence-corrected chi connectivity index (χ3v) is 5.33. The van der Waals surface area contributed by atoms with Crippen molar-refractivity contribution in [2.24, 2.45) is 11.3 Å². The number of ether oxygens (including phenoxy) is 2. The summed E-state index contributed by atoms with van der Waals surface area (Å²) in [6, 6.07) is 16.0. The van der Waals surface area contributed by atoms with Crippen LogP contribution in [0.1, 0.15) is 63.7 Å². The first-order valence-corrected chi connectivity index (χ1v) is 10.7. The zero-order chi connectivity index (χ0) is 21.3. The summed E-state index contributed by atoms with van der Waals surface area (Å²) in [5.74, 6) is 1.10. The Bertz CT molecular complexity index is 739. The van der Waals surface area contributed by atoms with Gasteiger partial charge in [-0.3, -0.25) is 4.79 Å². The number of hydrogen-bond acceptors (Lipinski definition) is 3. The summed E-state index contributed by atoms with van der Waals surface area (Å²) >= 11 is 0. The molecule has 0 heterocycles. The molecule has 29 heavy (non-hydrogen) atoms. The molecule has 1 unspecified atom stereocenters. The van der Waals surface area contributed by atoms with Crippen molar-refractivity contribution in [1.82, 2.24) is 0 Å². The van der Waals surface area contributed by atoms with Crippen LogP contribution in [0.25, 0.3) is 11.1 Å². The molecule has 2 aromatic rings. The normalized spacial score (nSPS) is 12.6. The molecule has 0 aliphatic heterocycles. The summed E-state index contributed by atoms with van der Waals surface area (Å²) in [7, 11) is 1.67. The Morgan fingerprint density at radius 3 is 2.00 bits per heavy atom. The van der Waals surface area contributed by atoms with Gasteiger partial charge >= 0.3 is 0 Å². The first-order valence-electron chi connectivity index (χ1n) is 10.7. The zero-order valence-corrected chi connectivity index (χ0v) is 18.7. The molecule has 0 bridgehead atoms. The van der Waals surface area contributed by atoms with Gasteiger partial charge in [0, 0.05) is 24.7 Å². The van der Waals surface area contributed by atoms with Crippen LogP contribution in [-0.2, 0) is 4.74 Å². The van der Waals surface area contributed by atoms with E-state index in [1.54, 1.807) is 7.11 Å². The Kier molecular flexibility index (Phi) is 8.91. The lowest BCUT2D eigenvalue weighted by molar-refractivity contribution is 0.0788. The van der Waals surface area contributed by atoms with Crippen molar-refractivity contribution in [3.05, 3.63) is 54.1 Å². The maximum absolute atomic E-state index is 13.2. The van der Waals surface area contributed by atoms with Gasteiger partial charge in [0.25, 0.3) is 0 Å². The molecule has 0 fully saturated rings. The fraction of sp³-hybridized carbons (Fsp3) is 0.500. The number of rotatable bonds is 11. The van der Waals surface area contributed by atoms with Crippen LogP contribution in [0, 0.1) is 11.3 Å². The van der Waals surface area contributed by atoms with E-state index in [2.05, 4.69) is 27.7 Å². The van der Waals surface area contributed by atoms with Crippen LogP contribution >= 0.6 is 0 Å². The van der Waals surface area contributed by atoms with Crippen molar-refractivity contribution in [2.75, 3.05) is 20.3 Å². The topological polar surface area (TPSA) is 35.5 Å². The number of benzene rings is 2. The summed E-state index contributed by atoms with van der Waals surface area (Å²) in [6.45, 7) is 10.2. The van der Waals surface area contributed by atoms with E-state index < -0.39 is 0 Å². The lowest BCUT2D eigenvalue weighted by atomic mass is 9.74. The van der Waals surface area contributed by atoms with Crippen LogP contribution < -0.4 is 4.74 Å². The third-order valence-electron chi connectivity index (χ3n) is 5.33. The number of carbonyl (C=O) groups is 1. The van der Waals surface area contributed by atoms with E-state index in [1.807, 2.05) is 48.5 Å². The fourth-order valence-corrected chi connectivity index (χ4v) is 3.57. The number of carbonyl (C=O) groups excluding carboxylic acids is 1. The van der Waals surface area contributed by atoms with Gasteiger partial charge in [0.2, 0.25) is 0 Å². The van der Waals surface area contributed by atoms with Crippen molar-refractivity contribution >= 4 is 5.78 Å². The minimum atomic E-state index is -0.0595.